The van der Waals surface area contributed by atoms with Gasteiger partial charge in [-0.25, -0.2) is 0 Å². The van der Waals surface area contributed by atoms with Crippen LogP contribution in [-0.4, -0.2) is 41.6 Å². The number of hydrogen-bond acceptors (Lipinski definition) is 3. The quantitative estimate of drug-likeness (QED) is 0.925. The maximum absolute atomic E-state index is 12.3. The Hall–Kier alpha value is -1.00. The molecule has 3 nitrogen and oxygen atoms in total. The van der Waals surface area contributed by atoms with Crippen molar-refractivity contribution in [1.29, 1.82) is 0 Å². The highest BCUT2D eigenvalue weighted by molar-refractivity contribution is 7.99. The van der Waals surface area contributed by atoms with Gasteiger partial charge in [-0.2, -0.15) is 0 Å². The molecule has 1 amide bonds. The molecule has 2 aliphatic rings. The normalized spacial score (nSPS) is 24.0. The van der Waals surface area contributed by atoms with Gasteiger partial charge in [-0.1, -0.05) is 30.3 Å². The largest absolute Gasteiger partial charge is 0.341 e. The zero-order chi connectivity index (χ0) is 13.8. The molecule has 0 radical (unpaired) electrons. The first-order valence-electron chi connectivity index (χ1n) is 7.47. The van der Waals surface area contributed by atoms with Crippen LogP contribution < -0.4 is 5.32 Å². The summed E-state index contributed by atoms with van der Waals surface area (Å²) in [5.41, 5.74) is 1.42. The number of amides is 1. The van der Waals surface area contributed by atoms with E-state index >= 15 is 0 Å². The van der Waals surface area contributed by atoms with Crippen molar-refractivity contribution in [3.8, 4) is 0 Å². The predicted molar refractivity (Wildman–Crippen MR) is 83.7 cm³/mol. The van der Waals surface area contributed by atoms with E-state index in [1.54, 1.807) is 0 Å². The second-order valence-corrected chi connectivity index (χ2v) is 6.76. The zero-order valence-electron chi connectivity index (χ0n) is 11.8. The summed E-state index contributed by atoms with van der Waals surface area (Å²) in [7, 11) is 0. The van der Waals surface area contributed by atoms with Gasteiger partial charge in [0.15, 0.2) is 0 Å². The van der Waals surface area contributed by atoms with Crippen LogP contribution in [0, 0.1) is 5.92 Å². The summed E-state index contributed by atoms with van der Waals surface area (Å²) in [6.45, 7) is 1.86. The van der Waals surface area contributed by atoms with Crippen LogP contribution in [0.1, 0.15) is 18.4 Å². The summed E-state index contributed by atoms with van der Waals surface area (Å²) in [5.74, 6) is 2.89. The van der Waals surface area contributed by atoms with Crippen molar-refractivity contribution in [2.24, 2.45) is 5.92 Å². The number of piperidine rings is 1. The standard InChI is InChI=1S/C16H22N2OS/c19-16(15-11-20-12-17-15)18-8-6-14(7-9-18)10-13-4-2-1-3-5-13/h1-5,14-15,17H,6-12H2. The summed E-state index contributed by atoms with van der Waals surface area (Å²) in [5, 5.41) is 3.28. The number of nitrogens with one attached hydrogen (secondary N) is 1. The Morgan fingerprint density at radius 3 is 2.65 bits per heavy atom. The fourth-order valence-corrected chi connectivity index (χ4v) is 4.01. The third-order valence-electron chi connectivity index (χ3n) is 4.31. The average Bonchev–Trinajstić information content (AvgIpc) is 3.03. The number of carbonyl (C=O) groups is 1. The molecule has 1 N–H and O–H groups in total. The Balaban J connectivity index is 1.48. The maximum Gasteiger partial charge on any atom is 0.240 e. The summed E-state index contributed by atoms with van der Waals surface area (Å²) in [6.07, 6.45) is 3.43. The van der Waals surface area contributed by atoms with Gasteiger partial charge in [-0.15, -0.1) is 11.8 Å². The molecule has 1 unspecified atom stereocenters. The van der Waals surface area contributed by atoms with Crippen LogP contribution in [0.25, 0.3) is 0 Å². The van der Waals surface area contributed by atoms with Gasteiger partial charge in [0.2, 0.25) is 5.91 Å². The lowest BCUT2D eigenvalue weighted by Crippen LogP contribution is -2.48. The lowest BCUT2D eigenvalue weighted by Gasteiger charge is -2.33. The van der Waals surface area contributed by atoms with Crippen molar-refractivity contribution < 1.29 is 4.79 Å². The lowest BCUT2D eigenvalue weighted by atomic mass is 9.90. The van der Waals surface area contributed by atoms with Crippen LogP contribution in [0.5, 0.6) is 0 Å². The van der Waals surface area contributed by atoms with Crippen molar-refractivity contribution in [2.75, 3.05) is 24.7 Å². The topological polar surface area (TPSA) is 32.3 Å². The first-order chi connectivity index (χ1) is 9.83. The first kappa shape index (κ1) is 14.0. The smallest absolute Gasteiger partial charge is 0.240 e. The first-order valence-corrected chi connectivity index (χ1v) is 8.62. The minimum atomic E-state index is 0.0608. The van der Waals surface area contributed by atoms with E-state index in [2.05, 4.69) is 40.5 Å². The fraction of sp³-hybridized carbons (Fsp3) is 0.562. The molecule has 1 aromatic rings. The molecule has 20 heavy (non-hydrogen) atoms. The lowest BCUT2D eigenvalue weighted by molar-refractivity contribution is -0.134. The summed E-state index contributed by atoms with van der Waals surface area (Å²) in [6, 6.07) is 10.8. The van der Waals surface area contributed by atoms with E-state index in [9.17, 15) is 4.79 Å². The van der Waals surface area contributed by atoms with Gasteiger partial charge in [-0.05, 0) is 30.7 Å². The molecule has 0 bridgehead atoms. The monoisotopic (exact) mass is 290 g/mol. The van der Waals surface area contributed by atoms with Crippen LogP contribution in [0.3, 0.4) is 0 Å². The molecule has 108 valence electrons. The summed E-state index contributed by atoms with van der Waals surface area (Å²) in [4.78, 5) is 14.4. The molecule has 3 rings (SSSR count). The second kappa shape index (κ2) is 6.64. The Morgan fingerprint density at radius 2 is 2.00 bits per heavy atom. The van der Waals surface area contributed by atoms with Gasteiger partial charge in [-0.3, -0.25) is 10.1 Å². The Bertz CT molecular complexity index is 437. The van der Waals surface area contributed by atoms with Crippen molar-refractivity contribution in [1.82, 2.24) is 10.2 Å². The number of nitrogens with zero attached hydrogens (tertiary/aromatic N) is 1. The Labute approximate surface area is 125 Å². The van der Waals surface area contributed by atoms with Gasteiger partial charge in [0.25, 0.3) is 0 Å². The summed E-state index contributed by atoms with van der Waals surface area (Å²) < 4.78 is 0. The molecule has 0 saturated carbocycles. The van der Waals surface area contributed by atoms with E-state index in [0.29, 0.717) is 5.91 Å². The highest BCUT2D eigenvalue weighted by atomic mass is 32.2. The molecule has 1 aromatic carbocycles. The molecular weight excluding hydrogens is 268 g/mol. The molecule has 0 aliphatic carbocycles. The average molecular weight is 290 g/mol. The van der Waals surface area contributed by atoms with Crippen LogP contribution in [0.2, 0.25) is 0 Å². The number of thioether (sulfide) groups is 1. The van der Waals surface area contributed by atoms with Crippen molar-refractivity contribution in [2.45, 2.75) is 25.3 Å². The molecular formula is C16H22N2OS. The molecule has 4 heteroatoms. The van der Waals surface area contributed by atoms with E-state index in [1.807, 2.05) is 11.8 Å². The van der Waals surface area contributed by atoms with Gasteiger partial charge >= 0.3 is 0 Å². The van der Waals surface area contributed by atoms with Crippen molar-refractivity contribution in [3.63, 3.8) is 0 Å². The second-order valence-electron chi connectivity index (χ2n) is 5.73. The number of carbonyl (C=O) groups excluding carboxylic acids is 1. The Morgan fingerprint density at radius 1 is 1.25 bits per heavy atom. The van der Waals surface area contributed by atoms with Crippen molar-refractivity contribution >= 4 is 17.7 Å². The molecule has 2 fully saturated rings. The third-order valence-corrected chi connectivity index (χ3v) is 5.25. The summed E-state index contributed by atoms with van der Waals surface area (Å²) >= 11 is 1.82. The van der Waals surface area contributed by atoms with Gasteiger partial charge in [0.05, 0.1) is 6.04 Å². The van der Waals surface area contributed by atoms with Crippen molar-refractivity contribution in [3.05, 3.63) is 35.9 Å². The molecule has 2 saturated heterocycles. The van der Waals surface area contributed by atoms with Gasteiger partial charge in [0.1, 0.15) is 0 Å². The van der Waals surface area contributed by atoms with Gasteiger partial charge < -0.3 is 4.90 Å². The molecule has 2 heterocycles. The van der Waals surface area contributed by atoms with E-state index in [1.165, 1.54) is 5.56 Å². The minimum Gasteiger partial charge on any atom is -0.341 e. The number of benzene rings is 1. The predicted octanol–water partition coefficient (Wildman–Crippen LogP) is 2.13. The third kappa shape index (κ3) is 3.36. The molecule has 0 spiro atoms. The van der Waals surface area contributed by atoms with Crippen LogP contribution in [0.4, 0.5) is 0 Å². The van der Waals surface area contributed by atoms with E-state index in [4.69, 9.17) is 0 Å². The Kier molecular flexibility index (Phi) is 4.63. The number of rotatable bonds is 3. The number of likely N-dealkylation sites (tertiary alicyclic amines) is 1. The van der Waals surface area contributed by atoms with Gasteiger partial charge in [0, 0.05) is 24.7 Å². The molecule has 1 atom stereocenters. The van der Waals surface area contributed by atoms with E-state index in [0.717, 1.165) is 49.9 Å². The van der Waals surface area contributed by atoms with Crippen LogP contribution >= 0.6 is 11.8 Å². The van der Waals surface area contributed by atoms with Crippen LogP contribution in [-0.2, 0) is 11.2 Å². The highest BCUT2D eigenvalue weighted by Gasteiger charge is 2.29. The van der Waals surface area contributed by atoms with E-state index < -0.39 is 0 Å². The highest BCUT2D eigenvalue weighted by Crippen LogP contribution is 2.23. The zero-order valence-corrected chi connectivity index (χ0v) is 12.6. The maximum atomic E-state index is 12.3. The van der Waals surface area contributed by atoms with Crippen LogP contribution in [0.15, 0.2) is 30.3 Å². The molecule has 0 aromatic heterocycles. The SMILES string of the molecule is O=C(C1CSCN1)N1CCC(Cc2ccccc2)CC1. The fourth-order valence-electron chi connectivity index (χ4n) is 3.08. The minimum absolute atomic E-state index is 0.0608. The van der Waals surface area contributed by atoms with E-state index in [-0.39, 0.29) is 6.04 Å². The molecule has 2 aliphatic heterocycles. The number of hydrogen-bond donors (Lipinski definition) is 1.